The smallest absolute Gasteiger partial charge is 0.277 e. The normalized spacial score (nSPS) is 15.2. The average Bonchev–Trinajstić information content (AvgIpc) is 3.03. The van der Waals surface area contributed by atoms with Crippen LogP contribution in [0.2, 0.25) is 0 Å². The number of carbonyl (C=O) groups excluding carboxylic acids is 1. The van der Waals surface area contributed by atoms with Crippen molar-refractivity contribution in [2.45, 2.75) is 49.8 Å². The first-order valence-corrected chi connectivity index (χ1v) is 10.2. The predicted octanol–water partition coefficient (Wildman–Crippen LogP) is 3.68. The van der Waals surface area contributed by atoms with Crippen LogP contribution in [-0.4, -0.2) is 42.1 Å². The molecule has 1 heterocycles. The molecule has 0 radical (unpaired) electrons. The van der Waals surface area contributed by atoms with Gasteiger partial charge in [0.2, 0.25) is 11.8 Å². The molecule has 1 fully saturated rings. The SMILES string of the molecule is COc1cc(OC)cc(-c2nnc(SCC(=O)NC3CCCCCC3)o2)c1. The van der Waals surface area contributed by atoms with Gasteiger partial charge in [0.1, 0.15) is 11.5 Å². The number of nitrogens with zero attached hydrogens (tertiary/aromatic N) is 2. The molecule has 1 amide bonds. The summed E-state index contributed by atoms with van der Waals surface area (Å²) in [7, 11) is 3.17. The van der Waals surface area contributed by atoms with Crippen molar-refractivity contribution in [2.75, 3.05) is 20.0 Å². The van der Waals surface area contributed by atoms with E-state index in [1.54, 1.807) is 32.4 Å². The molecule has 0 unspecified atom stereocenters. The summed E-state index contributed by atoms with van der Waals surface area (Å²) in [5, 5.41) is 11.6. The van der Waals surface area contributed by atoms with E-state index in [0.717, 1.165) is 12.8 Å². The van der Waals surface area contributed by atoms with Gasteiger partial charge in [-0.2, -0.15) is 0 Å². The lowest BCUT2D eigenvalue weighted by molar-refractivity contribution is -0.119. The minimum absolute atomic E-state index is 0.00898. The second kappa shape index (κ2) is 9.64. The number of ether oxygens (including phenoxy) is 2. The third-order valence-electron chi connectivity index (χ3n) is 4.55. The average molecular weight is 391 g/mol. The number of hydrogen-bond donors (Lipinski definition) is 1. The highest BCUT2D eigenvalue weighted by Gasteiger charge is 2.17. The van der Waals surface area contributed by atoms with E-state index in [2.05, 4.69) is 15.5 Å². The Morgan fingerprint density at radius 3 is 2.41 bits per heavy atom. The van der Waals surface area contributed by atoms with Crippen LogP contribution >= 0.6 is 11.8 Å². The van der Waals surface area contributed by atoms with Crippen molar-refractivity contribution >= 4 is 17.7 Å². The van der Waals surface area contributed by atoms with Gasteiger partial charge in [0.05, 0.1) is 20.0 Å². The molecule has 7 nitrogen and oxygen atoms in total. The Morgan fingerprint density at radius 2 is 1.78 bits per heavy atom. The van der Waals surface area contributed by atoms with Crippen molar-refractivity contribution in [3.8, 4) is 23.0 Å². The summed E-state index contributed by atoms with van der Waals surface area (Å²) < 4.78 is 16.2. The first-order valence-electron chi connectivity index (χ1n) is 9.17. The van der Waals surface area contributed by atoms with Crippen LogP contribution < -0.4 is 14.8 Å². The highest BCUT2D eigenvalue weighted by Crippen LogP contribution is 2.30. The molecule has 1 N–H and O–H groups in total. The van der Waals surface area contributed by atoms with Gasteiger partial charge in [-0.1, -0.05) is 37.4 Å². The maximum absolute atomic E-state index is 12.2. The third kappa shape index (κ3) is 5.63. The molecule has 0 aliphatic heterocycles. The molecular formula is C19H25N3O4S. The number of thioether (sulfide) groups is 1. The summed E-state index contributed by atoms with van der Waals surface area (Å²) >= 11 is 1.24. The summed E-state index contributed by atoms with van der Waals surface area (Å²) in [5.74, 6) is 1.91. The van der Waals surface area contributed by atoms with Crippen molar-refractivity contribution in [1.29, 1.82) is 0 Å². The number of methoxy groups -OCH3 is 2. The number of benzene rings is 1. The maximum atomic E-state index is 12.2. The summed E-state index contributed by atoms with van der Waals surface area (Å²) in [6.45, 7) is 0. The number of nitrogens with one attached hydrogen (secondary N) is 1. The highest BCUT2D eigenvalue weighted by atomic mass is 32.2. The Hall–Kier alpha value is -2.22. The molecule has 1 aromatic heterocycles. The lowest BCUT2D eigenvalue weighted by Gasteiger charge is -2.15. The maximum Gasteiger partial charge on any atom is 0.277 e. The van der Waals surface area contributed by atoms with E-state index in [-0.39, 0.29) is 11.7 Å². The first kappa shape index (κ1) is 19.5. The fourth-order valence-electron chi connectivity index (χ4n) is 3.14. The van der Waals surface area contributed by atoms with E-state index >= 15 is 0 Å². The third-order valence-corrected chi connectivity index (χ3v) is 5.37. The first-order chi connectivity index (χ1) is 13.2. The minimum Gasteiger partial charge on any atom is -0.497 e. The van der Waals surface area contributed by atoms with Gasteiger partial charge < -0.3 is 19.2 Å². The molecule has 0 saturated heterocycles. The van der Waals surface area contributed by atoms with Gasteiger partial charge in [-0.05, 0) is 25.0 Å². The zero-order valence-corrected chi connectivity index (χ0v) is 16.5. The lowest BCUT2D eigenvalue weighted by Crippen LogP contribution is -2.35. The van der Waals surface area contributed by atoms with Gasteiger partial charge in [0.15, 0.2) is 0 Å². The Morgan fingerprint density at radius 1 is 1.11 bits per heavy atom. The fourth-order valence-corrected chi connectivity index (χ4v) is 3.71. The molecule has 3 rings (SSSR count). The van der Waals surface area contributed by atoms with Crippen molar-refractivity contribution in [2.24, 2.45) is 0 Å². The Bertz CT molecular complexity index is 735. The van der Waals surface area contributed by atoms with Gasteiger partial charge in [-0.25, -0.2) is 0 Å². The van der Waals surface area contributed by atoms with Gasteiger partial charge in [-0.3, -0.25) is 4.79 Å². The molecular weight excluding hydrogens is 366 g/mol. The largest absolute Gasteiger partial charge is 0.497 e. The van der Waals surface area contributed by atoms with Crippen molar-refractivity contribution in [3.05, 3.63) is 18.2 Å². The van der Waals surface area contributed by atoms with Gasteiger partial charge in [-0.15, -0.1) is 10.2 Å². The van der Waals surface area contributed by atoms with Crippen molar-refractivity contribution in [3.63, 3.8) is 0 Å². The summed E-state index contributed by atoms with van der Waals surface area (Å²) in [6.07, 6.45) is 7.05. The molecule has 27 heavy (non-hydrogen) atoms. The number of carbonyl (C=O) groups is 1. The van der Waals surface area contributed by atoms with Gasteiger partial charge in [0.25, 0.3) is 5.22 Å². The standard InChI is InChI=1S/C19H25N3O4S/c1-24-15-9-13(10-16(11-15)25-2)18-21-22-19(26-18)27-12-17(23)20-14-7-5-3-4-6-8-14/h9-11,14H,3-8,12H2,1-2H3,(H,20,23). The monoisotopic (exact) mass is 391 g/mol. The number of aromatic nitrogens is 2. The van der Waals surface area contributed by atoms with Crippen LogP contribution in [0.3, 0.4) is 0 Å². The van der Waals surface area contributed by atoms with Crippen LogP contribution in [0.15, 0.2) is 27.8 Å². The molecule has 2 aromatic rings. The van der Waals surface area contributed by atoms with Crippen LogP contribution in [0.5, 0.6) is 11.5 Å². The number of rotatable bonds is 7. The summed E-state index contributed by atoms with van der Waals surface area (Å²) in [5.41, 5.74) is 0.702. The molecule has 8 heteroatoms. The zero-order chi connectivity index (χ0) is 19.1. The van der Waals surface area contributed by atoms with Crippen LogP contribution in [-0.2, 0) is 4.79 Å². The Balaban J connectivity index is 1.57. The second-order valence-electron chi connectivity index (χ2n) is 6.52. The van der Waals surface area contributed by atoms with Crippen molar-refractivity contribution in [1.82, 2.24) is 15.5 Å². The van der Waals surface area contributed by atoms with E-state index in [1.165, 1.54) is 37.4 Å². The lowest BCUT2D eigenvalue weighted by atomic mass is 10.1. The molecule has 0 atom stereocenters. The van der Waals surface area contributed by atoms with E-state index < -0.39 is 0 Å². The van der Waals surface area contributed by atoms with Gasteiger partial charge >= 0.3 is 0 Å². The zero-order valence-electron chi connectivity index (χ0n) is 15.7. The Labute approximate surface area is 163 Å². The summed E-state index contributed by atoms with van der Waals surface area (Å²) in [4.78, 5) is 12.2. The van der Waals surface area contributed by atoms with Crippen LogP contribution in [0.1, 0.15) is 38.5 Å². The Kier molecular flexibility index (Phi) is 6.98. The fraction of sp³-hybridized carbons (Fsp3) is 0.526. The minimum atomic E-state index is 0.00898. The van der Waals surface area contributed by atoms with Gasteiger partial charge in [0, 0.05) is 17.7 Å². The molecule has 0 spiro atoms. The second-order valence-corrected chi connectivity index (χ2v) is 7.45. The quantitative estimate of drug-likeness (QED) is 0.569. The van der Waals surface area contributed by atoms with E-state index in [4.69, 9.17) is 13.9 Å². The van der Waals surface area contributed by atoms with Crippen LogP contribution in [0.4, 0.5) is 0 Å². The van der Waals surface area contributed by atoms with E-state index in [1.807, 2.05) is 0 Å². The number of amides is 1. The molecule has 146 valence electrons. The van der Waals surface area contributed by atoms with E-state index in [9.17, 15) is 4.79 Å². The van der Waals surface area contributed by atoms with Crippen LogP contribution in [0.25, 0.3) is 11.5 Å². The molecule has 1 aliphatic rings. The summed E-state index contributed by atoms with van der Waals surface area (Å²) in [6, 6.07) is 5.66. The molecule has 0 bridgehead atoms. The topological polar surface area (TPSA) is 86.5 Å². The molecule has 1 aromatic carbocycles. The van der Waals surface area contributed by atoms with Crippen LogP contribution in [0, 0.1) is 0 Å². The number of hydrogen-bond acceptors (Lipinski definition) is 7. The highest BCUT2D eigenvalue weighted by molar-refractivity contribution is 7.99. The molecule has 1 saturated carbocycles. The van der Waals surface area contributed by atoms with E-state index in [0.29, 0.717) is 34.2 Å². The molecule has 1 aliphatic carbocycles. The van der Waals surface area contributed by atoms with Crippen molar-refractivity contribution < 1.29 is 18.7 Å². The predicted molar refractivity (Wildman–Crippen MR) is 103 cm³/mol.